The SMILES string of the molecule is C=CCNC(=O)c1cc([N+](=O)[O-])ccc1Nc1ccc(I)cc1C.Cc1cc(I)ccc1Nc1ccc(Br)cc1C(O)C(O)(c1cc(Cl)ccc1Nc1ccc(I)cc1C)C(O)c1cc([N+](=O)[O-])ccc1Nc1ccc(I)cc1C. The highest BCUT2D eigenvalue weighted by Crippen LogP contribution is 2.52. The van der Waals surface area contributed by atoms with E-state index >= 15 is 0 Å². The summed E-state index contributed by atoms with van der Waals surface area (Å²) in [6.45, 7) is 11.6. The fourth-order valence-corrected chi connectivity index (χ4v) is 11.7. The number of rotatable bonds is 18. The van der Waals surface area contributed by atoms with Crippen molar-refractivity contribution < 1.29 is 30.0 Å². The number of aryl methyl sites for hydroxylation is 4. The minimum Gasteiger partial charge on any atom is -0.385 e. The van der Waals surface area contributed by atoms with Crippen molar-refractivity contribution in [1.82, 2.24) is 5.32 Å². The Morgan fingerprint density at radius 1 is 0.575 bits per heavy atom. The fourth-order valence-electron chi connectivity index (χ4n) is 8.60. The second-order valence-corrected chi connectivity index (χ2v) is 24.7. The number of anilines is 8. The van der Waals surface area contributed by atoms with Crippen LogP contribution in [0.25, 0.3) is 0 Å². The first kappa shape index (κ1) is 62.1. The number of hydrogen-bond acceptors (Lipinski definition) is 12. The number of benzene rings is 8. The van der Waals surface area contributed by atoms with E-state index < -0.39 is 33.6 Å². The number of carbonyl (C=O) groups is 1. The Morgan fingerprint density at radius 2 is 0.950 bits per heavy atom. The third-order valence-electron chi connectivity index (χ3n) is 12.8. The van der Waals surface area contributed by atoms with Gasteiger partial charge in [0.15, 0.2) is 5.60 Å². The van der Waals surface area contributed by atoms with Gasteiger partial charge in [-0.25, -0.2) is 0 Å². The first-order valence-electron chi connectivity index (χ1n) is 24.2. The van der Waals surface area contributed by atoms with Gasteiger partial charge in [-0.05, 0) is 262 Å². The second-order valence-electron chi connectivity index (χ2n) is 18.4. The lowest BCUT2D eigenvalue weighted by Gasteiger charge is -2.40. The molecule has 0 fully saturated rings. The lowest BCUT2D eigenvalue weighted by atomic mass is 9.76. The van der Waals surface area contributed by atoms with Gasteiger partial charge in [0, 0.05) is 111 Å². The first-order valence-corrected chi connectivity index (χ1v) is 29.7. The molecule has 21 heteroatoms. The molecule has 0 bridgehead atoms. The topological polar surface area (TPSA) is 224 Å². The lowest BCUT2D eigenvalue weighted by molar-refractivity contribution is -0.385. The molecule has 412 valence electrons. The molecule has 0 aliphatic rings. The van der Waals surface area contributed by atoms with E-state index in [2.05, 4.69) is 139 Å². The summed E-state index contributed by atoms with van der Waals surface area (Å²) in [6, 6.07) is 41.5. The molecule has 80 heavy (non-hydrogen) atoms. The van der Waals surface area contributed by atoms with Gasteiger partial charge in [-0.3, -0.25) is 25.0 Å². The maximum Gasteiger partial charge on any atom is 0.270 e. The highest BCUT2D eigenvalue weighted by molar-refractivity contribution is 14.1. The molecule has 0 heterocycles. The van der Waals surface area contributed by atoms with Gasteiger partial charge in [0.25, 0.3) is 17.3 Å². The molecule has 8 N–H and O–H groups in total. The van der Waals surface area contributed by atoms with Crippen LogP contribution >= 0.6 is 118 Å². The Kier molecular flexibility index (Phi) is 21.4. The lowest BCUT2D eigenvalue weighted by Crippen LogP contribution is -2.41. The van der Waals surface area contributed by atoms with Crippen LogP contribution in [-0.4, -0.2) is 37.6 Å². The molecule has 8 rings (SSSR count). The molecule has 3 unspecified atom stereocenters. The molecule has 15 nitrogen and oxygen atoms in total. The number of non-ortho nitro benzene ring substituents is 2. The van der Waals surface area contributed by atoms with Crippen LogP contribution in [0.2, 0.25) is 5.02 Å². The molecule has 8 aromatic carbocycles. The normalized spacial score (nSPS) is 12.4. The maximum absolute atomic E-state index is 13.5. The van der Waals surface area contributed by atoms with Gasteiger partial charge < -0.3 is 41.9 Å². The summed E-state index contributed by atoms with van der Waals surface area (Å²) in [5.74, 6) is -0.399. The number of nitro groups is 2. The quantitative estimate of drug-likeness (QED) is 0.0174. The van der Waals surface area contributed by atoms with Crippen LogP contribution in [-0.2, 0) is 5.60 Å². The highest BCUT2D eigenvalue weighted by Gasteiger charge is 2.49. The summed E-state index contributed by atoms with van der Waals surface area (Å²) in [5, 5.41) is 78.5. The van der Waals surface area contributed by atoms with E-state index in [1.807, 2.05) is 100 Å². The van der Waals surface area contributed by atoms with E-state index in [1.165, 1.54) is 36.4 Å². The van der Waals surface area contributed by atoms with Crippen molar-refractivity contribution in [2.24, 2.45) is 0 Å². The van der Waals surface area contributed by atoms with Crippen molar-refractivity contribution in [3.63, 3.8) is 0 Å². The zero-order chi connectivity index (χ0) is 58.2. The van der Waals surface area contributed by atoms with Gasteiger partial charge in [-0.1, -0.05) is 33.6 Å². The Balaban J connectivity index is 0.000000321. The molecular formula is C59H51BrClI4N7O8. The Labute approximate surface area is 530 Å². The van der Waals surface area contributed by atoms with Crippen LogP contribution in [0.3, 0.4) is 0 Å². The molecule has 0 spiro atoms. The summed E-state index contributed by atoms with van der Waals surface area (Å²) >= 11 is 19.1. The van der Waals surface area contributed by atoms with Crippen molar-refractivity contribution in [3.05, 3.63) is 247 Å². The number of carbonyl (C=O) groups excluding carboxylic acids is 1. The van der Waals surface area contributed by atoms with Crippen LogP contribution in [0, 0.1) is 62.2 Å². The predicted molar refractivity (Wildman–Crippen MR) is 357 cm³/mol. The van der Waals surface area contributed by atoms with E-state index in [0.29, 0.717) is 32.9 Å². The summed E-state index contributed by atoms with van der Waals surface area (Å²) in [6.07, 6.45) is -2.32. The van der Waals surface area contributed by atoms with E-state index in [4.69, 9.17) is 11.6 Å². The maximum atomic E-state index is 13.5. The summed E-state index contributed by atoms with van der Waals surface area (Å²) in [7, 11) is 0. The van der Waals surface area contributed by atoms with Gasteiger partial charge in [-0.15, -0.1) is 6.58 Å². The van der Waals surface area contributed by atoms with Crippen molar-refractivity contribution >= 4 is 181 Å². The van der Waals surface area contributed by atoms with Gasteiger partial charge in [0.1, 0.15) is 12.2 Å². The Morgan fingerprint density at radius 3 is 1.39 bits per heavy atom. The monoisotopic (exact) mass is 1610 g/mol. The molecule has 1 amide bonds. The van der Waals surface area contributed by atoms with E-state index in [0.717, 1.165) is 47.9 Å². The van der Waals surface area contributed by atoms with Gasteiger partial charge in [0.2, 0.25) is 0 Å². The van der Waals surface area contributed by atoms with E-state index in [-0.39, 0.29) is 50.9 Å². The van der Waals surface area contributed by atoms with Crippen molar-refractivity contribution in [2.75, 3.05) is 27.8 Å². The van der Waals surface area contributed by atoms with Crippen LogP contribution in [0.4, 0.5) is 56.9 Å². The number of halogens is 6. The zero-order valence-electron chi connectivity index (χ0n) is 43.0. The second kappa shape index (κ2) is 27.5. The van der Waals surface area contributed by atoms with Crippen molar-refractivity contribution in [3.8, 4) is 0 Å². The standard InChI is InChI=1S/C42H35BrClI3N4O5.C17H16IN3O3/c1-22-16-27(45)6-12-34(22)48-37-10-4-25(43)19-31(37)40(52)42(54,33-20-26(44)5-11-39(33)50-36-14-8-29(47)18-24(36)3)41(53)32-21-30(51(55)56)9-15-38(32)49-35-13-7-28(46)17-23(35)2;1-3-8-19-17(22)14-10-13(21(23)24)5-7-16(14)20-15-6-4-12(18)9-11(15)2/h4-21,40-41,48-50,52-54H,1-3H3;3-7,9-10,20H,1,8H2,2H3,(H,19,22). The zero-order valence-corrected chi connectivity index (χ0v) is 54.0. The van der Waals surface area contributed by atoms with Crippen molar-refractivity contribution in [2.45, 2.75) is 45.5 Å². The molecule has 3 atom stereocenters. The number of hydrogen-bond donors (Lipinski definition) is 8. The number of amides is 1. The van der Waals surface area contributed by atoms with Gasteiger partial charge >= 0.3 is 0 Å². The number of nitrogens with zero attached hydrogens (tertiary/aromatic N) is 2. The number of aliphatic hydroxyl groups is 3. The van der Waals surface area contributed by atoms with Crippen LogP contribution in [0.15, 0.2) is 163 Å². The Bertz CT molecular complexity index is 3690. The average molecular weight is 1610 g/mol. The van der Waals surface area contributed by atoms with Crippen LogP contribution in [0.5, 0.6) is 0 Å². The van der Waals surface area contributed by atoms with Crippen LogP contribution < -0.4 is 26.6 Å². The highest BCUT2D eigenvalue weighted by atomic mass is 127. The van der Waals surface area contributed by atoms with Gasteiger partial charge in [0.05, 0.1) is 21.1 Å². The molecule has 0 radical (unpaired) electrons. The van der Waals surface area contributed by atoms with Crippen LogP contribution in [0.1, 0.15) is 61.5 Å². The third kappa shape index (κ3) is 15.2. The summed E-state index contributed by atoms with van der Waals surface area (Å²) < 4.78 is 4.78. The molecule has 0 aliphatic heterocycles. The molecule has 0 saturated heterocycles. The summed E-state index contributed by atoms with van der Waals surface area (Å²) in [5.41, 5.74) is 5.71. The largest absolute Gasteiger partial charge is 0.385 e. The minimum absolute atomic E-state index is 0.0342. The molecular weight excluding hydrogens is 1560 g/mol. The third-order valence-corrected chi connectivity index (χ3v) is 16.2. The summed E-state index contributed by atoms with van der Waals surface area (Å²) in [4.78, 5) is 34.4. The Hall–Kier alpha value is -5.46. The minimum atomic E-state index is -2.62. The molecule has 0 saturated carbocycles. The molecule has 8 aromatic rings. The number of nitro benzene ring substituents is 2. The smallest absolute Gasteiger partial charge is 0.270 e. The fraction of sp³-hybridized carbons (Fsp3) is 0.136. The van der Waals surface area contributed by atoms with E-state index in [1.54, 1.807) is 42.5 Å². The first-order chi connectivity index (χ1) is 38.0. The van der Waals surface area contributed by atoms with E-state index in [9.17, 15) is 40.3 Å². The number of aliphatic hydroxyl groups excluding tert-OH is 2. The van der Waals surface area contributed by atoms with Gasteiger partial charge in [-0.2, -0.15) is 0 Å². The number of nitrogens with one attached hydrogen (secondary N) is 5. The molecule has 0 aliphatic carbocycles. The van der Waals surface area contributed by atoms with Crippen molar-refractivity contribution in [1.29, 1.82) is 0 Å². The predicted octanol–water partition coefficient (Wildman–Crippen LogP) is 16.8. The molecule has 0 aromatic heterocycles. The average Bonchev–Trinajstić information content (AvgIpc) is 3.46.